The number of carbonyl (C=O) groups is 1. The first-order chi connectivity index (χ1) is 11.1. The summed E-state index contributed by atoms with van der Waals surface area (Å²) in [6, 6.07) is 7.65. The Bertz CT molecular complexity index is 509. The molecule has 7 heteroatoms. The van der Waals surface area contributed by atoms with Crippen LogP contribution in [0.5, 0.6) is 5.75 Å². The number of carbonyl (C=O) groups excluding carboxylic acids is 1. The SMILES string of the molecule is Cc1ccccc1OC1CCN(C(=O)[C@@H](N)CCCCN)CC1.Cl.Cl. The molecular weight excluding hydrogens is 361 g/mol. The molecule has 25 heavy (non-hydrogen) atoms. The van der Waals surface area contributed by atoms with E-state index in [1.807, 2.05) is 36.1 Å². The van der Waals surface area contributed by atoms with Crippen molar-refractivity contribution < 1.29 is 9.53 Å². The van der Waals surface area contributed by atoms with Crippen LogP contribution in [0.3, 0.4) is 0 Å². The number of likely N-dealkylation sites (tertiary alicyclic amines) is 1. The van der Waals surface area contributed by atoms with Crippen molar-refractivity contribution in [1.82, 2.24) is 4.90 Å². The molecule has 1 amide bonds. The molecule has 0 aromatic heterocycles. The second-order valence-corrected chi connectivity index (χ2v) is 6.30. The minimum Gasteiger partial charge on any atom is -0.490 e. The fourth-order valence-corrected chi connectivity index (χ4v) is 2.93. The zero-order valence-corrected chi connectivity index (χ0v) is 16.5. The van der Waals surface area contributed by atoms with Gasteiger partial charge in [-0.1, -0.05) is 24.6 Å². The number of rotatable bonds is 7. The molecule has 0 radical (unpaired) electrons. The second-order valence-electron chi connectivity index (χ2n) is 6.30. The third kappa shape index (κ3) is 7.40. The van der Waals surface area contributed by atoms with Crippen molar-refractivity contribution in [1.29, 1.82) is 0 Å². The molecule has 1 heterocycles. The standard InChI is InChI=1S/C18H29N3O2.2ClH/c1-14-6-2-3-8-17(14)23-15-9-12-21(13-10-15)18(22)16(20)7-4-5-11-19;;/h2-3,6,8,15-16H,4-5,7,9-13,19-20H2,1H3;2*1H/t16-;;/m0../s1. The summed E-state index contributed by atoms with van der Waals surface area (Å²) in [6.07, 6.45) is 4.44. The van der Waals surface area contributed by atoms with Gasteiger partial charge in [-0.3, -0.25) is 4.79 Å². The van der Waals surface area contributed by atoms with E-state index in [0.717, 1.165) is 56.5 Å². The van der Waals surface area contributed by atoms with E-state index in [1.54, 1.807) is 0 Å². The third-order valence-corrected chi connectivity index (χ3v) is 4.43. The maximum Gasteiger partial charge on any atom is 0.239 e. The molecule has 1 atom stereocenters. The Morgan fingerprint density at radius 1 is 1.24 bits per heavy atom. The zero-order valence-electron chi connectivity index (χ0n) is 14.9. The van der Waals surface area contributed by atoms with E-state index in [9.17, 15) is 4.79 Å². The van der Waals surface area contributed by atoms with Crippen LogP contribution < -0.4 is 16.2 Å². The van der Waals surface area contributed by atoms with Gasteiger partial charge in [0.25, 0.3) is 0 Å². The molecule has 1 aliphatic rings. The average molecular weight is 392 g/mol. The number of para-hydroxylation sites is 1. The van der Waals surface area contributed by atoms with E-state index in [1.165, 1.54) is 0 Å². The number of piperidine rings is 1. The molecule has 1 aromatic rings. The molecule has 4 N–H and O–H groups in total. The number of halogens is 2. The number of amides is 1. The molecule has 1 aromatic carbocycles. The highest BCUT2D eigenvalue weighted by atomic mass is 35.5. The number of hydrogen-bond acceptors (Lipinski definition) is 4. The van der Waals surface area contributed by atoms with Crippen LogP contribution in [-0.4, -0.2) is 42.6 Å². The number of nitrogens with two attached hydrogens (primary N) is 2. The summed E-state index contributed by atoms with van der Waals surface area (Å²) in [5.74, 6) is 1.01. The second kappa shape index (κ2) is 12.4. The number of unbranched alkanes of at least 4 members (excludes halogenated alkanes) is 1. The lowest BCUT2D eigenvalue weighted by Crippen LogP contribution is -2.48. The number of benzene rings is 1. The van der Waals surface area contributed by atoms with Crippen LogP contribution in [0.2, 0.25) is 0 Å². The molecule has 1 fully saturated rings. The molecule has 1 aliphatic heterocycles. The minimum atomic E-state index is -0.393. The Labute approximate surface area is 163 Å². The lowest BCUT2D eigenvalue weighted by molar-refractivity contribution is -0.134. The van der Waals surface area contributed by atoms with Crippen LogP contribution in [0, 0.1) is 6.92 Å². The van der Waals surface area contributed by atoms with Crippen molar-refractivity contribution in [2.75, 3.05) is 19.6 Å². The van der Waals surface area contributed by atoms with Crippen LogP contribution in [0.25, 0.3) is 0 Å². The van der Waals surface area contributed by atoms with Gasteiger partial charge in [-0.05, 0) is 37.9 Å². The van der Waals surface area contributed by atoms with Crippen LogP contribution >= 0.6 is 24.8 Å². The van der Waals surface area contributed by atoms with Crippen molar-refractivity contribution in [2.45, 2.75) is 51.2 Å². The fourth-order valence-electron chi connectivity index (χ4n) is 2.93. The number of hydrogen-bond donors (Lipinski definition) is 2. The predicted octanol–water partition coefficient (Wildman–Crippen LogP) is 2.66. The fraction of sp³-hybridized carbons (Fsp3) is 0.611. The van der Waals surface area contributed by atoms with Gasteiger partial charge in [0.05, 0.1) is 6.04 Å². The molecule has 0 saturated carbocycles. The molecule has 144 valence electrons. The molecule has 5 nitrogen and oxygen atoms in total. The molecule has 1 saturated heterocycles. The van der Waals surface area contributed by atoms with Crippen molar-refractivity contribution in [3.8, 4) is 5.75 Å². The highest BCUT2D eigenvalue weighted by Crippen LogP contribution is 2.22. The van der Waals surface area contributed by atoms with Gasteiger partial charge in [0, 0.05) is 25.9 Å². The predicted molar refractivity (Wildman–Crippen MR) is 107 cm³/mol. The Balaban J connectivity index is 0.00000288. The van der Waals surface area contributed by atoms with Crippen molar-refractivity contribution >= 4 is 30.7 Å². The van der Waals surface area contributed by atoms with E-state index < -0.39 is 6.04 Å². The Kier molecular flexibility index (Phi) is 11.9. The van der Waals surface area contributed by atoms with Crippen molar-refractivity contribution in [3.63, 3.8) is 0 Å². The summed E-state index contributed by atoms with van der Waals surface area (Å²) in [6.45, 7) is 4.15. The molecule has 0 spiro atoms. The minimum absolute atomic E-state index is 0. The van der Waals surface area contributed by atoms with E-state index in [0.29, 0.717) is 6.54 Å². The highest BCUT2D eigenvalue weighted by Gasteiger charge is 2.27. The highest BCUT2D eigenvalue weighted by molar-refractivity contribution is 5.85. The smallest absolute Gasteiger partial charge is 0.239 e. The van der Waals surface area contributed by atoms with Gasteiger partial charge in [-0.2, -0.15) is 0 Å². The molecule has 2 rings (SSSR count). The number of nitrogens with zero attached hydrogens (tertiary/aromatic N) is 1. The lowest BCUT2D eigenvalue weighted by atomic mass is 10.0. The van der Waals surface area contributed by atoms with E-state index in [4.69, 9.17) is 16.2 Å². The lowest BCUT2D eigenvalue weighted by Gasteiger charge is -2.33. The summed E-state index contributed by atoms with van der Waals surface area (Å²) in [5.41, 5.74) is 12.6. The number of aryl methyl sites for hydroxylation is 1. The van der Waals surface area contributed by atoms with Gasteiger partial charge in [-0.15, -0.1) is 24.8 Å². The summed E-state index contributed by atoms with van der Waals surface area (Å²) < 4.78 is 6.07. The largest absolute Gasteiger partial charge is 0.490 e. The molecular formula is C18H31Cl2N3O2. The summed E-state index contributed by atoms with van der Waals surface area (Å²) in [5, 5.41) is 0. The van der Waals surface area contributed by atoms with Gasteiger partial charge in [0.1, 0.15) is 11.9 Å². The van der Waals surface area contributed by atoms with Crippen molar-refractivity contribution in [2.24, 2.45) is 11.5 Å². The maximum atomic E-state index is 12.3. The zero-order chi connectivity index (χ0) is 16.7. The normalized spacial score (nSPS) is 15.7. The van der Waals surface area contributed by atoms with Crippen LogP contribution in [0.4, 0.5) is 0 Å². The van der Waals surface area contributed by atoms with Gasteiger partial charge in [-0.25, -0.2) is 0 Å². The van der Waals surface area contributed by atoms with Gasteiger partial charge in [0.2, 0.25) is 5.91 Å². The van der Waals surface area contributed by atoms with Gasteiger partial charge in [0.15, 0.2) is 0 Å². The number of ether oxygens (including phenoxy) is 1. The van der Waals surface area contributed by atoms with Crippen LogP contribution in [-0.2, 0) is 4.79 Å². The first-order valence-electron chi connectivity index (χ1n) is 8.58. The van der Waals surface area contributed by atoms with E-state index >= 15 is 0 Å². The Morgan fingerprint density at radius 3 is 2.48 bits per heavy atom. The van der Waals surface area contributed by atoms with Crippen molar-refractivity contribution in [3.05, 3.63) is 29.8 Å². The molecule has 0 aliphatic carbocycles. The Hall–Kier alpha value is -1.01. The van der Waals surface area contributed by atoms with Gasteiger partial charge < -0.3 is 21.1 Å². The quantitative estimate of drug-likeness (QED) is 0.699. The third-order valence-electron chi connectivity index (χ3n) is 4.43. The molecule has 0 unspecified atom stereocenters. The Morgan fingerprint density at radius 2 is 1.88 bits per heavy atom. The average Bonchev–Trinajstić information content (AvgIpc) is 2.57. The van der Waals surface area contributed by atoms with Crippen LogP contribution in [0.15, 0.2) is 24.3 Å². The van der Waals surface area contributed by atoms with E-state index in [-0.39, 0.29) is 36.8 Å². The summed E-state index contributed by atoms with van der Waals surface area (Å²) >= 11 is 0. The summed E-state index contributed by atoms with van der Waals surface area (Å²) in [7, 11) is 0. The first-order valence-corrected chi connectivity index (χ1v) is 8.58. The monoisotopic (exact) mass is 391 g/mol. The first kappa shape index (κ1) is 24.0. The molecule has 0 bridgehead atoms. The maximum absolute atomic E-state index is 12.3. The van der Waals surface area contributed by atoms with Crippen LogP contribution in [0.1, 0.15) is 37.7 Å². The van der Waals surface area contributed by atoms with E-state index in [2.05, 4.69) is 0 Å². The summed E-state index contributed by atoms with van der Waals surface area (Å²) in [4.78, 5) is 14.2. The van der Waals surface area contributed by atoms with Gasteiger partial charge >= 0.3 is 0 Å². The topological polar surface area (TPSA) is 81.6 Å².